The molecule has 0 heterocycles. The number of hydrogen-bond acceptors (Lipinski definition) is 2. The van der Waals surface area contributed by atoms with Gasteiger partial charge in [0.15, 0.2) is 0 Å². The number of aliphatic hydroxyl groups excluding tert-OH is 1. The number of alkyl halides is 2. The van der Waals surface area contributed by atoms with E-state index in [0.717, 1.165) is 0 Å². The standard InChI is InChI=1S/C12H21F2NO2/c1-8(7-9(2)16)15-11(17)10-3-5-12(13,14)6-4-10/h8-10,16H,3-7H2,1-2H3,(H,15,17). The van der Waals surface area contributed by atoms with Crippen molar-refractivity contribution in [1.82, 2.24) is 5.32 Å². The third-order valence-corrected chi connectivity index (χ3v) is 3.17. The molecule has 1 aliphatic rings. The van der Waals surface area contributed by atoms with Crippen LogP contribution in [0.4, 0.5) is 8.78 Å². The van der Waals surface area contributed by atoms with Gasteiger partial charge in [-0.15, -0.1) is 0 Å². The molecule has 100 valence electrons. The van der Waals surface area contributed by atoms with Crippen molar-refractivity contribution in [1.29, 1.82) is 0 Å². The van der Waals surface area contributed by atoms with Crippen LogP contribution in [-0.2, 0) is 4.79 Å². The first-order valence-corrected chi connectivity index (χ1v) is 6.16. The van der Waals surface area contributed by atoms with E-state index in [1.165, 1.54) is 0 Å². The van der Waals surface area contributed by atoms with Crippen molar-refractivity contribution in [2.24, 2.45) is 5.92 Å². The largest absolute Gasteiger partial charge is 0.393 e. The van der Waals surface area contributed by atoms with E-state index in [1.54, 1.807) is 6.92 Å². The number of rotatable bonds is 4. The Morgan fingerprint density at radius 2 is 1.94 bits per heavy atom. The molecule has 0 spiro atoms. The number of carbonyl (C=O) groups excluding carboxylic acids is 1. The molecular weight excluding hydrogens is 228 g/mol. The van der Waals surface area contributed by atoms with Gasteiger partial charge >= 0.3 is 0 Å². The number of nitrogens with one attached hydrogen (secondary N) is 1. The molecule has 0 radical (unpaired) electrons. The van der Waals surface area contributed by atoms with Gasteiger partial charge < -0.3 is 10.4 Å². The Labute approximate surface area is 101 Å². The van der Waals surface area contributed by atoms with Crippen LogP contribution in [0.1, 0.15) is 46.0 Å². The lowest BCUT2D eigenvalue weighted by atomic mass is 9.86. The highest BCUT2D eigenvalue weighted by molar-refractivity contribution is 5.79. The van der Waals surface area contributed by atoms with E-state index in [2.05, 4.69) is 5.32 Å². The molecule has 17 heavy (non-hydrogen) atoms. The van der Waals surface area contributed by atoms with Crippen molar-refractivity contribution in [3.63, 3.8) is 0 Å². The SMILES string of the molecule is CC(O)CC(C)NC(=O)C1CCC(F)(F)CC1. The molecular formula is C12H21F2NO2. The molecule has 0 aliphatic heterocycles. The topological polar surface area (TPSA) is 49.3 Å². The molecule has 2 N–H and O–H groups in total. The molecule has 5 heteroatoms. The highest BCUT2D eigenvalue weighted by Crippen LogP contribution is 2.36. The summed E-state index contributed by atoms with van der Waals surface area (Å²) in [4.78, 5) is 11.8. The summed E-state index contributed by atoms with van der Waals surface area (Å²) < 4.78 is 25.8. The summed E-state index contributed by atoms with van der Waals surface area (Å²) >= 11 is 0. The summed E-state index contributed by atoms with van der Waals surface area (Å²) in [6.45, 7) is 3.46. The van der Waals surface area contributed by atoms with Gasteiger partial charge in [0.2, 0.25) is 11.8 Å². The first-order valence-electron chi connectivity index (χ1n) is 6.16. The quantitative estimate of drug-likeness (QED) is 0.801. The van der Waals surface area contributed by atoms with Gasteiger partial charge in [0.1, 0.15) is 0 Å². The second kappa shape index (κ2) is 5.76. The van der Waals surface area contributed by atoms with Crippen molar-refractivity contribution in [2.75, 3.05) is 0 Å². The maximum absolute atomic E-state index is 12.9. The monoisotopic (exact) mass is 249 g/mol. The average Bonchev–Trinajstić information content (AvgIpc) is 2.15. The zero-order valence-corrected chi connectivity index (χ0v) is 10.4. The van der Waals surface area contributed by atoms with E-state index in [9.17, 15) is 13.6 Å². The van der Waals surface area contributed by atoms with Crippen LogP contribution >= 0.6 is 0 Å². The molecule has 1 saturated carbocycles. The normalized spacial score (nSPS) is 24.1. The molecule has 2 unspecified atom stereocenters. The number of amides is 1. The Bertz CT molecular complexity index is 259. The second-order valence-electron chi connectivity index (χ2n) is 5.12. The van der Waals surface area contributed by atoms with Crippen LogP contribution in [0.15, 0.2) is 0 Å². The molecule has 0 aromatic rings. The molecule has 0 bridgehead atoms. The molecule has 1 rings (SSSR count). The molecule has 0 aromatic heterocycles. The molecule has 0 aromatic carbocycles. The van der Waals surface area contributed by atoms with Crippen molar-refractivity contribution in [3.8, 4) is 0 Å². The summed E-state index contributed by atoms with van der Waals surface area (Å²) in [7, 11) is 0. The van der Waals surface area contributed by atoms with Gasteiger partial charge in [-0.25, -0.2) is 8.78 Å². The smallest absolute Gasteiger partial charge is 0.248 e. The minimum atomic E-state index is -2.60. The Morgan fingerprint density at radius 1 is 1.41 bits per heavy atom. The van der Waals surface area contributed by atoms with E-state index in [4.69, 9.17) is 5.11 Å². The van der Waals surface area contributed by atoms with E-state index in [1.807, 2.05) is 6.92 Å². The fourth-order valence-corrected chi connectivity index (χ4v) is 2.23. The molecule has 0 saturated heterocycles. The fourth-order valence-electron chi connectivity index (χ4n) is 2.23. The van der Waals surface area contributed by atoms with Gasteiger partial charge in [0.25, 0.3) is 0 Å². The predicted octanol–water partition coefficient (Wildman–Crippen LogP) is 2.09. The first-order chi connectivity index (χ1) is 7.80. The van der Waals surface area contributed by atoms with Crippen LogP contribution in [0, 0.1) is 5.92 Å². The third-order valence-electron chi connectivity index (χ3n) is 3.17. The summed E-state index contributed by atoms with van der Waals surface area (Å²) in [6.07, 6.45) is 0.113. The van der Waals surface area contributed by atoms with Crippen molar-refractivity contribution in [3.05, 3.63) is 0 Å². The maximum atomic E-state index is 12.9. The van der Waals surface area contributed by atoms with Crippen LogP contribution in [0.5, 0.6) is 0 Å². The highest BCUT2D eigenvalue weighted by Gasteiger charge is 2.37. The van der Waals surface area contributed by atoms with Gasteiger partial charge in [-0.1, -0.05) is 0 Å². The zero-order chi connectivity index (χ0) is 13.1. The second-order valence-corrected chi connectivity index (χ2v) is 5.12. The van der Waals surface area contributed by atoms with E-state index < -0.39 is 12.0 Å². The molecule has 1 aliphatic carbocycles. The van der Waals surface area contributed by atoms with Crippen LogP contribution in [-0.4, -0.2) is 29.1 Å². The number of halogens is 2. The van der Waals surface area contributed by atoms with Crippen LogP contribution in [0.25, 0.3) is 0 Å². The Morgan fingerprint density at radius 3 is 2.41 bits per heavy atom. The zero-order valence-electron chi connectivity index (χ0n) is 10.4. The van der Waals surface area contributed by atoms with Crippen molar-refractivity contribution >= 4 is 5.91 Å². The first kappa shape index (κ1) is 14.4. The van der Waals surface area contributed by atoms with Crippen LogP contribution in [0.2, 0.25) is 0 Å². The minimum Gasteiger partial charge on any atom is -0.393 e. The fraction of sp³-hybridized carbons (Fsp3) is 0.917. The van der Waals surface area contributed by atoms with E-state index in [-0.39, 0.29) is 43.6 Å². The van der Waals surface area contributed by atoms with Gasteiger partial charge in [-0.05, 0) is 33.1 Å². The van der Waals surface area contributed by atoms with Gasteiger partial charge in [0.05, 0.1) is 6.10 Å². The van der Waals surface area contributed by atoms with Crippen LogP contribution < -0.4 is 5.32 Å². The molecule has 1 fully saturated rings. The number of carbonyl (C=O) groups is 1. The van der Waals surface area contributed by atoms with E-state index >= 15 is 0 Å². The summed E-state index contributed by atoms with van der Waals surface area (Å²) in [5.41, 5.74) is 0. The van der Waals surface area contributed by atoms with Gasteiger partial charge in [-0.2, -0.15) is 0 Å². The Balaban J connectivity index is 2.34. The lowest BCUT2D eigenvalue weighted by molar-refractivity contribution is -0.129. The highest BCUT2D eigenvalue weighted by atomic mass is 19.3. The number of hydrogen-bond donors (Lipinski definition) is 2. The van der Waals surface area contributed by atoms with Gasteiger partial charge in [-0.3, -0.25) is 4.79 Å². The number of aliphatic hydroxyl groups is 1. The van der Waals surface area contributed by atoms with Gasteiger partial charge in [0, 0.05) is 24.8 Å². The predicted molar refractivity (Wildman–Crippen MR) is 60.8 cm³/mol. The summed E-state index contributed by atoms with van der Waals surface area (Å²) in [5.74, 6) is -3.05. The molecule has 1 amide bonds. The minimum absolute atomic E-state index is 0.120. The molecule has 3 nitrogen and oxygen atoms in total. The van der Waals surface area contributed by atoms with E-state index in [0.29, 0.717) is 6.42 Å². The Kier molecular flexibility index (Phi) is 4.86. The van der Waals surface area contributed by atoms with Crippen molar-refractivity contribution < 1.29 is 18.7 Å². The van der Waals surface area contributed by atoms with Crippen molar-refractivity contribution in [2.45, 2.75) is 64.0 Å². The summed E-state index contributed by atoms with van der Waals surface area (Å²) in [5, 5.41) is 11.9. The average molecular weight is 249 g/mol. The Hall–Kier alpha value is -0.710. The lowest BCUT2D eigenvalue weighted by Crippen LogP contribution is -2.41. The van der Waals surface area contributed by atoms with Crippen LogP contribution in [0.3, 0.4) is 0 Å². The maximum Gasteiger partial charge on any atom is 0.248 e. The summed E-state index contributed by atoms with van der Waals surface area (Å²) in [6, 6.07) is -0.120. The lowest BCUT2D eigenvalue weighted by Gasteiger charge is -2.28. The molecule has 2 atom stereocenters. The third kappa shape index (κ3) is 4.98.